The normalized spacial score (nSPS) is 16.3. The van der Waals surface area contributed by atoms with Crippen LogP contribution in [-0.2, 0) is 16.2 Å². The number of amides is 1. The molecule has 4 aromatic rings. The molecule has 0 spiro atoms. The number of benzene rings is 3. The van der Waals surface area contributed by atoms with E-state index in [2.05, 4.69) is 4.98 Å². The predicted octanol–water partition coefficient (Wildman–Crippen LogP) is 5.30. The highest BCUT2D eigenvalue weighted by Crippen LogP contribution is 2.43. The molecule has 1 N–H and O–H groups in total. The molecule has 1 saturated heterocycles. The number of hydrogen-bond acceptors (Lipinski definition) is 7. The summed E-state index contributed by atoms with van der Waals surface area (Å²) in [5.41, 5.74) is 2.20. The lowest BCUT2D eigenvalue weighted by Gasteiger charge is -2.25. The summed E-state index contributed by atoms with van der Waals surface area (Å²) in [6.45, 7) is 0.392. The van der Waals surface area contributed by atoms with Gasteiger partial charge in [-0.05, 0) is 59.7 Å². The van der Waals surface area contributed by atoms with E-state index in [0.717, 1.165) is 5.56 Å². The molecule has 0 radical (unpaired) electrons. The molecule has 3 aromatic carbocycles. The number of nitrogens with zero attached hydrogens (tertiary/aromatic N) is 2. The van der Waals surface area contributed by atoms with Gasteiger partial charge in [0.25, 0.3) is 11.7 Å². The third kappa shape index (κ3) is 5.04. The molecule has 1 unspecified atom stereocenters. The van der Waals surface area contributed by atoms with Crippen LogP contribution in [0.2, 0.25) is 0 Å². The van der Waals surface area contributed by atoms with Gasteiger partial charge in [0.05, 0.1) is 31.4 Å². The van der Waals surface area contributed by atoms with Crippen molar-refractivity contribution in [3.05, 3.63) is 120 Å². The van der Waals surface area contributed by atoms with Crippen LogP contribution in [-0.4, -0.2) is 36.0 Å². The molecule has 0 bridgehead atoms. The standard InChI is InChI=1S/C31H26N2O6/c1-37-24-14-15-26(38-2)25(17-24)29(34)27-28(21-9-6-16-32-18-21)33(31(36)30(27)35)22-10-12-23(13-11-22)39-19-20-7-4-3-5-8-20/h3-18,28,34H,19H2,1-2H3/b29-27+. The van der Waals surface area contributed by atoms with E-state index in [-0.39, 0.29) is 16.9 Å². The number of carbonyl (C=O) groups excluding carboxylic acids is 2. The van der Waals surface area contributed by atoms with E-state index in [9.17, 15) is 14.7 Å². The van der Waals surface area contributed by atoms with Gasteiger partial charge in [0.2, 0.25) is 0 Å². The highest BCUT2D eigenvalue weighted by molar-refractivity contribution is 6.51. The minimum Gasteiger partial charge on any atom is -0.507 e. The van der Waals surface area contributed by atoms with E-state index < -0.39 is 17.7 Å². The van der Waals surface area contributed by atoms with E-state index in [1.54, 1.807) is 67.0 Å². The molecule has 1 fully saturated rings. The van der Waals surface area contributed by atoms with Crippen LogP contribution in [0.3, 0.4) is 0 Å². The number of aliphatic hydroxyl groups excluding tert-OH is 1. The third-order valence-corrected chi connectivity index (χ3v) is 6.47. The number of anilines is 1. The number of aromatic nitrogens is 1. The van der Waals surface area contributed by atoms with Crippen molar-refractivity contribution in [2.75, 3.05) is 19.1 Å². The Morgan fingerprint density at radius 1 is 0.897 bits per heavy atom. The lowest BCUT2D eigenvalue weighted by atomic mass is 9.95. The molecule has 0 aliphatic carbocycles. The van der Waals surface area contributed by atoms with Crippen LogP contribution < -0.4 is 19.1 Å². The summed E-state index contributed by atoms with van der Waals surface area (Å²) in [5.74, 6) is -0.581. The fraction of sp³-hybridized carbons (Fsp3) is 0.129. The number of aliphatic hydroxyl groups is 1. The number of Topliss-reactive ketones (excluding diaryl/α,β-unsaturated/α-hetero) is 1. The Kier molecular flexibility index (Phi) is 7.27. The first-order valence-electron chi connectivity index (χ1n) is 12.2. The molecule has 5 rings (SSSR count). The van der Waals surface area contributed by atoms with Crippen LogP contribution >= 0.6 is 0 Å². The average molecular weight is 523 g/mol. The smallest absolute Gasteiger partial charge is 0.300 e. The molecule has 1 atom stereocenters. The van der Waals surface area contributed by atoms with Gasteiger partial charge in [-0.15, -0.1) is 0 Å². The minimum atomic E-state index is -0.925. The van der Waals surface area contributed by atoms with E-state index in [1.165, 1.54) is 19.1 Å². The second-order valence-corrected chi connectivity index (χ2v) is 8.79. The average Bonchev–Trinajstić information content (AvgIpc) is 3.26. The summed E-state index contributed by atoms with van der Waals surface area (Å²) in [6.07, 6.45) is 3.16. The zero-order chi connectivity index (χ0) is 27.4. The highest BCUT2D eigenvalue weighted by Gasteiger charge is 2.47. The van der Waals surface area contributed by atoms with E-state index >= 15 is 0 Å². The van der Waals surface area contributed by atoms with Crippen molar-refractivity contribution in [2.45, 2.75) is 12.6 Å². The van der Waals surface area contributed by atoms with Gasteiger partial charge in [0.15, 0.2) is 0 Å². The maximum atomic E-state index is 13.4. The van der Waals surface area contributed by atoms with Crippen molar-refractivity contribution >= 4 is 23.1 Å². The van der Waals surface area contributed by atoms with Crippen molar-refractivity contribution < 1.29 is 28.9 Å². The Morgan fingerprint density at radius 2 is 1.64 bits per heavy atom. The number of rotatable bonds is 8. The molecule has 196 valence electrons. The lowest BCUT2D eigenvalue weighted by Crippen LogP contribution is -2.29. The van der Waals surface area contributed by atoms with Crippen LogP contribution in [0, 0.1) is 0 Å². The second-order valence-electron chi connectivity index (χ2n) is 8.79. The maximum Gasteiger partial charge on any atom is 0.300 e. The summed E-state index contributed by atoms with van der Waals surface area (Å²) in [7, 11) is 2.95. The first-order valence-corrected chi connectivity index (χ1v) is 12.2. The van der Waals surface area contributed by atoms with Gasteiger partial charge in [0.1, 0.15) is 29.6 Å². The van der Waals surface area contributed by atoms with Gasteiger partial charge in [-0.2, -0.15) is 0 Å². The zero-order valence-electron chi connectivity index (χ0n) is 21.4. The molecule has 1 aromatic heterocycles. The molecule has 8 heteroatoms. The number of pyridine rings is 1. The minimum absolute atomic E-state index is 0.0797. The van der Waals surface area contributed by atoms with Crippen molar-refractivity contribution in [1.29, 1.82) is 0 Å². The SMILES string of the molecule is COc1ccc(OC)c(/C(O)=C2\C(=O)C(=O)N(c3ccc(OCc4ccccc4)cc3)C2c2cccnc2)c1. The highest BCUT2D eigenvalue weighted by atomic mass is 16.5. The molecule has 1 aliphatic heterocycles. The van der Waals surface area contributed by atoms with Gasteiger partial charge in [-0.3, -0.25) is 19.5 Å². The van der Waals surface area contributed by atoms with E-state index in [4.69, 9.17) is 14.2 Å². The fourth-order valence-electron chi connectivity index (χ4n) is 4.54. The Hall–Kier alpha value is -5.11. The van der Waals surface area contributed by atoms with Gasteiger partial charge < -0.3 is 19.3 Å². The number of ketones is 1. The van der Waals surface area contributed by atoms with Crippen molar-refractivity contribution in [3.63, 3.8) is 0 Å². The van der Waals surface area contributed by atoms with Crippen LogP contribution in [0.4, 0.5) is 5.69 Å². The van der Waals surface area contributed by atoms with Gasteiger partial charge in [-0.25, -0.2) is 0 Å². The first-order chi connectivity index (χ1) is 19.0. The third-order valence-electron chi connectivity index (χ3n) is 6.47. The summed E-state index contributed by atoms with van der Waals surface area (Å²) in [4.78, 5) is 32.4. The van der Waals surface area contributed by atoms with Crippen LogP contribution in [0.25, 0.3) is 5.76 Å². The Labute approximate surface area is 225 Å². The summed E-state index contributed by atoms with van der Waals surface area (Å²) in [6, 6.07) is 24.1. The summed E-state index contributed by atoms with van der Waals surface area (Å²) in [5, 5.41) is 11.5. The zero-order valence-corrected chi connectivity index (χ0v) is 21.4. The van der Waals surface area contributed by atoms with Gasteiger partial charge in [0, 0.05) is 18.1 Å². The number of ether oxygens (including phenoxy) is 3. The van der Waals surface area contributed by atoms with E-state index in [0.29, 0.717) is 35.1 Å². The van der Waals surface area contributed by atoms with Crippen LogP contribution in [0.15, 0.2) is 103 Å². The van der Waals surface area contributed by atoms with Crippen molar-refractivity contribution in [1.82, 2.24) is 4.98 Å². The quantitative estimate of drug-likeness (QED) is 0.190. The number of carbonyl (C=O) groups is 2. The molecule has 1 aliphatic rings. The molecule has 0 saturated carbocycles. The molecule has 8 nitrogen and oxygen atoms in total. The fourth-order valence-corrected chi connectivity index (χ4v) is 4.54. The monoisotopic (exact) mass is 522 g/mol. The lowest BCUT2D eigenvalue weighted by molar-refractivity contribution is -0.132. The molecular weight excluding hydrogens is 496 g/mol. The molecule has 2 heterocycles. The Bertz CT molecular complexity index is 1520. The molecule has 1 amide bonds. The number of methoxy groups -OCH3 is 2. The Balaban J connectivity index is 1.56. The Morgan fingerprint density at radius 3 is 2.31 bits per heavy atom. The van der Waals surface area contributed by atoms with Crippen LogP contribution in [0.1, 0.15) is 22.7 Å². The first kappa shape index (κ1) is 25.5. The summed E-state index contributed by atoms with van der Waals surface area (Å²) >= 11 is 0. The molecule has 39 heavy (non-hydrogen) atoms. The van der Waals surface area contributed by atoms with Crippen molar-refractivity contribution in [3.8, 4) is 17.2 Å². The number of hydrogen-bond donors (Lipinski definition) is 1. The second kappa shape index (κ2) is 11.1. The predicted molar refractivity (Wildman–Crippen MR) is 146 cm³/mol. The summed E-state index contributed by atoms with van der Waals surface area (Å²) < 4.78 is 16.6. The molecular formula is C31H26N2O6. The van der Waals surface area contributed by atoms with Crippen LogP contribution in [0.5, 0.6) is 17.2 Å². The largest absolute Gasteiger partial charge is 0.507 e. The topological polar surface area (TPSA) is 98.2 Å². The maximum absolute atomic E-state index is 13.4. The van der Waals surface area contributed by atoms with Crippen molar-refractivity contribution in [2.24, 2.45) is 0 Å². The van der Waals surface area contributed by atoms with Gasteiger partial charge in [-0.1, -0.05) is 36.4 Å². The van der Waals surface area contributed by atoms with Gasteiger partial charge >= 0.3 is 0 Å². The van der Waals surface area contributed by atoms with E-state index in [1.807, 2.05) is 30.3 Å².